The smallest absolute Gasteiger partial charge is 0.330 e. The van der Waals surface area contributed by atoms with Crippen molar-refractivity contribution in [1.29, 1.82) is 0 Å². The van der Waals surface area contributed by atoms with E-state index in [1.54, 1.807) is 22.1 Å². The van der Waals surface area contributed by atoms with E-state index >= 15 is 0 Å². The van der Waals surface area contributed by atoms with Gasteiger partial charge in [0.05, 0.1) is 22.9 Å². The molecule has 1 fully saturated rings. The maximum atomic E-state index is 13.7. The number of rotatable bonds is 2. The summed E-state index contributed by atoms with van der Waals surface area (Å²) in [6, 6.07) is 11.5. The van der Waals surface area contributed by atoms with Gasteiger partial charge in [0.15, 0.2) is 0 Å². The first-order valence-corrected chi connectivity index (χ1v) is 12.8. The van der Waals surface area contributed by atoms with Crippen LogP contribution in [-0.4, -0.2) is 55.3 Å². The molecule has 4 bridgehead atoms. The van der Waals surface area contributed by atoms with Crippen LogP contribution in [0.15, 0.2) is 54.7 Å². The van der Waals surface area contributed by atoms with E-state index < -0.39 is 0 Å². The molecule has 0 unspecified atom stereocenters. The molecule has 0 radical (unpaired) electrons. The molecule has 3 aliphatic rings. The van der Waals surface area contributed by atoms with Crippen LogP contribution in [0.4, 0.5) is 33.6 Å². The minimum Gasteiger partial charge on any atom is -0.487 e. The molecular formula is C27H28ClN7O2. The third-order valence-electron chi connectivity index (χ3n) is 6.81. The molecule has 3 aromatic rings. The second kappa shape index (κ2) is 9.91. The summed E-state index contributed by atoms with van der Waals surface area (Å²) in [4.78, 5) is 28.8. The molecule has 0 saturated carbocycles. The standard InChI is InChI=1S/C27H28ClN7O2/c1-18-5-4-6-21(28)24(18)35-17-19-16-30-26-31-20-7-8-22(33-12-9-29-10-13-33)23(15-20)37-14-3-2-11-34(27(35)36)25(19)32-26/h2-8,15-16,29H,9-14,17H2,1H3,(H,30,31,32)/b3-2+. The van der Waals surface area contributed by atoms with Gasteiger partial charge < -0.3 is 20.3 Å². The van der Waals surface area contributed by atoms with Gasteiger partial charge in [0.25, 0.3) is 0 Å². The first-order valence-electron chi connectivity index (χ1n) is 12.4. The zero-order valence-corrected chi connectivity index (χ0v) is 21.3. The van der Waals surface area contributed by atoms with Crippen LogP contribution in [0.5, 0.6) is 5.75 Å². The minimum absolute atomic E-state index is 0.185. The van der Waals surface area contributed by atoms with Crippen molar-refractivity contribution in [2.24, 2.45) is 0 Å². The van der Waals surface area contributed by atoms with Crippen LogP contribution >= 0.6 is 11.6 Å². The molecule has 2 aromatic carbocycles. The second-order valence-electron chi connectivity index (χ2n) is 9.25. The number of anilines is 5. The Labute approximate surface area is 220 Å². The number of hydrogen-bond donors (Lipinski definition) is 2. The number of fused-ring (bicyclic) bond motifs is 3. The van der Waals surface area contributed by atoms with Gasteiger partial charge in [0.2, 0.25) is 5.95 Å². The summed E-state index contributed by atoms with van der Waals surface area (Å²) in [6.07, 6.45) is 5.65. The van der Waals surface area contributed by atoms with Crippen LogP contribution in [0.25, 0.3) is 0 Å². The number of ether oxygens (including phenoxy) is 1. The fraction of sp³-hybridized carbons (Fsp3) is 0.296. The largest absolute Gasteiger partial charge is 0.487 e. The van der Waals surface area contributed by atoms with Crippen LogP contribution < -0.4 is 30.1 Å². The molecular weight excluding hydrogens is 490 g/mol. The third-order valence-corrected chi connectivity index (χ3v) is 7.11. The number of aryl methyl sites for hydroxylation is 1. The van der Waals surface area contributed by atoms with Gasteiger partial charge in [0, 0.05) is 56.2 Å². The van der Waals surface area contributed by atoms with Gasteiger partial charge >= 0.3 is 6.03 Å². The second-order valence-corrected chi connectivity index (χ2v) is 9.66. The average molecular weight is 518 g/mol. The number of hydrogen-bond acceptors (Lipinski definition) is 7. The van der Waals surface area contributed by atoms with E-state index in [4.69, 9.17) is 21.3 Å². The van der Waals surface area contributed by atoms with Crippen molar-refractivity contribution in [2.45, 2.75) is 13.5 Å². The number of nitrogens with zero attached hydrogens (tertiary/aromatic N) is 5. The molecule has 0 atom stereocenters. The minimum atomic E-state index is -0.185. The summed E-state index contributed by atoms with van der Waals surface area (Å²) >= 11 is 6.53. The molecule has 1 aromatic heterocycles. The number of piperazine rings is 1. The molecule has 1 saturated heterocycles. The molecule has 0 spiro atoms. The maximum Gasteiger partial charge on any atom is 0.330 e. The normalized spacial score (nSPS) is 18.2. The molecule has 6 rings (SSSR count). The number of amides is 2. The van der Waals surface area contributed by atoms with Crippen molar-refractivity contribution in [3.63, 3.8) is 0 Å². The van der Waals surface area contributed by atoms with E-state index in [1.165, 1.54) is 0 Å². The van der Waals surface area contributed by atoms with Crippen LogP contribution in [0.1, 0.15) is 11.1 Å². The Morgan fingerprint density at radius 1 is 1.08 bits per heavy atom. The zero-order valence-electron chi connectivity index (χ0n) is 20.6. The van der Waals surface area contributed by atoms with Crippen molar-refractivity contribution < 1.29 is 9.53 Å². The van der Waals surface area contributed by atoms with Crippen molar-refractivity contribution in [3.8, 4) is 5.75 Å². The van der Waals surface area contributed by atoms with E-state index in [-0.39, 0.29) is 6.03 Å². The lowest BCUT2D eigenvalue weighted by Gasteiger charge is -2.36. The van der Waals surface area contributed by atoms with Crippen LogP contribution in [0, 0.1) is 6.92 Å². The van der Waals surface area contributed by atoms with E-state index in [0.29, 0.717) is 42.2 Å². The highest BCUT2D eigenvalue weighted by molar-refractivity contribution is 6.34. The van der Waals surface area contributed by atoms with Gasteiger partial charge in [-0.3, -0.25) is 9.80 Å². The number of halogens is 1. The summed E-state index contributed by atoms with van der Waals surface area (Å²) < 4.78 is 6.20. The van der Waals surface area contributed by atoms with Gasteiger partial charge in [-0.2, -0.15) is 4.98 Å². The van der Waals surface area contributed by atoms with E-state index in [9.17, 15) is 4.79 Å². The summed E-state index contributed by atoms with van der Waals surface area (Å²) in [5.74, 6) is 1.80. The first-order chi connectivity index (χ1) is 18.1. The number of nitrogens with one attached hydrogen (secondary N) is 2. The van der Waals surface area contributed by atoms with Crippen LogP contribution in [0.3, 0.4) is 0 Å². The quantitative estimate of drug-likeness (QED) is 0.484. The fourth-order valence-corrected chi connectivity index (χ4v) is 5.30. The Kier molecular flexibility index (Phi) is 6.31. The maximum absolute atomic E-state index is 13.7. The predicted molar refractivity (Wildman–Crippen MR) is 147 cm³/mol. The summed E-state index contributed by atoms with van der Waals surface area (Å²) in [5.41, 5.74) is 4.36. The van der Waals surface area contributed by atoms with Gasteiger partial charge in [-0.05, 0) is 36.8 Å². The molecule has 37 heavy (non-hydrogen) atoms. The molecule has 2 amide bonds. The Hall–Kier alpha value is -3.82. The molecule has 10 heteroatoms. The molecule has 3 aliphatic heterocycles. The molecule has 4 heterocycles. The topological polar surface area (TPSA) is 85.9 Å². The van der Waals surface area contributed by atoms with Crippen LogP contribution in [0.2, 0.25) is 5.02 Å². The molecule has 190 valence electrons. The van der Waals surface area contributed by atoms with Crippen molar-refractivity contribution >= 4 is 46.5 Å². The van der Waals surface area contributed by atoms with E-state index in [0.717, 1.165) is 54.4 Å². The Morgan fingerprint density at radius 2 is 1.95 bits per heavy atom. The monoisotopic (exact) mass is 517 g/mol. The van der Waals surface area contributed by atoms with Gasteiger partial charge in [-0.1, -0.05) is 29.8 Å². The van der Waals surface area contributed by atoms with Crippen LogP contribution in [-0.2, 0) is 6.54 Å². The Bertz CT molecular complexity index is 1350. The Morgan fingerprint density at radius 3 is 2.78 bits per heavy atom. The summed E-state index contributed by atoms with van der Waals surface area (Å²) in [5, 5.41) is 7.22. The van der Waals surface area contributed by atoms with E-state index in [1.807, 2.05) is 43.3 Å². The highest BCUT2D eigenvalue weighted by Crippen LogP contribution is 2.37. The zero-order chi connectivity index (χ0) is 25.4. The number of para-hydroxylation sites is 1. The highest BCUT2D eigenvalue weighted by atomic mass is 35.5. The van der Waals surface area contributed by atoms with Crippen molar-refractivity contribution in [3.05, 3.63) is 70.9 Å². The lowest BCUT2D eigenvalue weighted by Crippen LogP contribution is -2.48. The lowest BCUT2D eigenvalue weighted by molar-refractivity contribution is 0.250. The van der Waals surface area contributed by atoms with Gasteiger partial charge in [-0.15, -0.1) is 0 Å². The van der Waals surface area contributed by atoms with Crippen molar-refractivity contribution in [1.82, 2.24) is 15.3 Å². The summed E-state index contributed by atoms with van der Waals surface area (Å²) in [6.45, 7) is 6.74. The SMILES string of the molecule is Cc1cccc(Cl)c1N1Cc2cnc3nc2N(C/C=C/COc2cc(ccc2N2CCNCC2)N3)C1=O. The molecule has 0 aliphatic carbocycles. The molecule has 9 nitrogen and oxygen atoms in total. The number of aromatic nitrogens is 2. The average Bonchev–Trinajstić information content (AvgIpc) is 2.91. The third kappa shape index (κ3) is 4.56. The number of carbonyl (C=O) groups excluding carboxylic acids is 1. The fourth-order valence-electron chi connectivity index (χ4n) is 4.97. The molecule has 2 N–H and O–H groups in total. The lowest BCUT2D eigenvalue weighted by atomic mass is 10.1. The number of benzene rings is 2. The number of urea groups is 1. The van der Waals surface area contributed by atoms with Gasteiger partial charge in [-0.25, -0.2) is 9.78 Å². The number of carbonyl (C=O) groups is 1. The predicted octanol–water partition coefficient (Wildman–Crippen LogP) is 4.49. The first kappa shape index (κ1) is 23.6. The highest BCUT2D eigenvalue weighted by Gasteiger charge is 2.34. The summed E-state index contributed by atoms with van der Waals surface area (Å²) in [7, 11) is 0. The van der Waals surface area contributed by atoms with Gasteiger partial charge in [0.1, 0.15) is 18.2 Å². The Balaban J connectivity index is 1.36. The van der Waals surface area contributed by atoms with E-state index in [2.05, 4.69) is 26.6 Å². The van der Waals surface area contributed by atoms with Crippen molar-refractivity contribution in [2.75, 3.05) is 59.3 Å².